The number of aromatic nitrogens is 1. The number of aryl methyl sites for hydroxylation is 1. The third-order valence-corrected chi connectivity index (χ3v) is 4.24. The van der Waals surface area contributed by atoms with Crippen molar-refractivity contribution in [2.45, 2.75) is 13.0 Å². The van der Waals surface area contributed by atoms with Crippen LogP contribution in [0, 0.1) is 0 Å². The molecule has 106 valence electrons. The van der Waals surface area contributed by atoms with Crippen molar-refractivity contribution in [3.63, 3.8) is 0 Å². The minimum Gasteiger partial charge on any atom is -0.497 e. The molecule has 2 aromatic carbocycles. The molecule has 21 heavy (non-hydrogen) atoms. The maximum absolute atomic E-state index is 12.2. The highest BCUT2D eigenvalue weighted by molar-refractivity contribution is 6.18. The van der Waals surface area contributed by atoms with Crippen LogP contribution in [0.4, 0.5) is 0 Å². The summed E-state index contributed by atoms with van der Waals surface area (Å²) in [6.07, 6.45) is 0.524. The molecule has 0 N–H and O–H groups in total. The monoisotopic (exact) mass is 281 g/mol. The molecule has 0 amide bonds. The number of hydrogen-bond acceptors (Lipinski definition) is 3. The normalized spacial score (nSPS) is 13.9. The Morgan fingerprint density at radius 3 is 2.57 bits per heavy atom. The lowest BCUT2D eigenvalue weighted by Crippen LogP contribution is -2.14. The van der Waals surface area contributed by atoms with Crippen molar-refractivity contribution >= 4 is 27.6 Å². The lowest BCUT2D eigenvalue weighted by Gasteiger charge is -2.16. The highest BCUT2D eigenvalue weighted by Crippen LogP contribution is 2.38. The summed E-state index contributed by atoms with van der Waals surface area (Å²) < 4.78 is 12.9. The van der Waals surface area contributed by atoms with Crippen LogP contribution in [0.25, 0.3) is 21.8 Å². The molecule has 0 atom stereocenters. The summed E-state index contributed by atoms with van der Waals surface area (Å²) in [5, 5.41) is 2.19. The first-order valence-corrected chi connectivity index (χ1v) is 6.94. The summed E-state index contributed by atoms with van der Waals surface area (Å²) in [6, 6.07) is 9.87. The van der Waals surface area contributed by atoms with E-state index in [4.69, 9.17) is 9.47 Å². The zero-order chi connectivity index (χ0) is 14.6. The van der Waals surface area contributed by atoms with Crippen LogP contribution in [0.2, 0.25) is 0 Å². The topological polar surface area (TPSA) is 40.5 Å². The number of carbonyl (C=O) groups excluding carboxylic acids is 1. The van der Waals surface area contributed by atoms with Crippen LogP contribution >= 0.6 is 0 Å². The van der Waals surface area contributed by atoms with Crippen molar-refractivity contribution in [3.05, 3.63) is 35.9 Å². The van der Waals surface area contributed by atoms with Gasteiger partial charge in [-0.2, -0.15) is 0 Å². The van der Waals surface area contributed by atoms with Crippen molar-refractivity contribution in [2.75, 3.05) is 14.2 Å². The van der Waals surface area contributed by atoms with Crippen molar-refractivity contribution in [1.29, 1.82) is 0 Å². The Bertz CT molecular complexity index is 892. The molecule has 0 unspecified atom stereocenters. The lowest BCUT2D eigenvalue weighted by atomic mass is 10.0. The van der Waals surface area contributed by atoms with Gasteiger partial charge >= 0.3 is 0 Å². The van der Waals surface area contributed by atoms with E-state index in [9.17, 15) is 4.79 Å². The third kappa shape index (κ3) is 1.59. The Morgan fingerprint density at radius 2 is 1.81 bits per heavy atom. The third-order valence-electron chi connectivity index (χ3n) is 4.24. The van der Waals surface area contributed by atoms with Crippen molar-refractivity contribution in [2.24, 2.45) is 0 Å². The molecule has 0 saturated carbocycles. The minimum absolute atomic E-state index is 0.182. The van der Waals surface area contributed by atoms with Crippen molar-refractivity contribution in [1.82, 2.24) is 4.57 Å². The first-order chi connectivity index (χ1) is 10.2. The van der Waals surface area contributed by atoms with E-state index in [1.807, 2.05) is 30.3 Å². The highest BCUT2D eigenvalue weighted by atomic mass is 16.5. The smallest absolute Gasteiger partial charge is 0.166 e. The molecule has 0 saturated heterocycles. The number of nitrogens with zero attached hydrogens (tertiary/aromatic N) is 1. The van der Waals surface area contributed by atoms with E-state index in [2.05, 4.69) is 4.57 Å². The molecule has 0 fully saturated rings. The van der Waals surface area contributed by atoms with Gasteiger partial charge in [0.1, 0.15) is 11.5 Å². The van der Waals surface area contributed by atoms with Crippen LogP contribution in [-0.4, -0.2) is 24.6 Å². The Hall–Kier alpha value is -2.49. The standard InChI is InChI=1S/C17H15NO3/c1-20-10-3-4-12-13-7-11(21-2)8-14-16(19)5-6-18(17(13)14)15(12)9-10/h3-4,7-9H,5-6H2,1-2H3. The second-order valence-electron chi connectivity index (χ2n) is 5.28. The van der Waals surface area contributed by atoms with Gasteiger partial charge in [-0.3, -0.25) is 4.79 Å². The van der Waals surface area contributed by atoms with Gasteiger partial charge in [-0.05, 0) is 24.3 Å². The Balaban J connectivity index is 2.21. The minimum atomic E-state index is 0.182. The first-order valence-electron chi connectivity index (χ1n) is 6.94. The van der Waals surface area contributed by atoms with Crippen molar-refractivity contribution in [3.8, 4) is 11.5 Å². The van der Waals surface area contributed by atoms with Gasteiger partial charge in [-0.15, -0.1) is 0 Å². The van der Waals surface area contributed by atoms with E-state index in [-0.39, 0.29) is 5.78 Å². The number of fused-ring (bicyclic) bond motifs is 3. The number of benzene rings is 2. The van der Waals surface area contributed by atoms with Crippen LogP contribution in [0.15, 0.2) is 30.3 Å². The predicted octanol–water partition coefficient (Wildman–Crippen LogP) is 3.40. The van der Waals surface area contributed by atoms with Crippen molar-refractivity contribution < 1.29 is 14.3 Å². The molecule has 0 radical (unpaired) electrons. The van der Waals surface area contributed by atoms with E-state index in [1.54, 1.807) is 14.2 Å². The average Bonchev–Trinajstić information content (AvgIpc) is 2.84. The molecule has 0 aliphatic carbocycles. The molecule has 4 rings (SSSR count). The largest absolute Gasteiger partial charge is 0.497 e. The average molecular weight is 281 g/mol. The fourth-order valence-electron chi connectivity index (χ4n) is 3.22. The number of ether oxygens (including phenoxy) is 2. The summed E-state index contributed by atoms with van der Waals surface area (Å²) in [7, 11) is 3.29. The molecule has 2 heterocycles. The Labute approximate surface area is 121 Å². The van der Waals surface area contributed by atoms with Gasteiger partial charge in [0.25, 0.3) is 0 Å². The number of methoxy groups -OCH3 is 2. The molecule has 4 nitrogen and oxygen atoms in total. The molecule has 1 aliphatic heterocycles. The second-order valence-corrected chi connectivity index (χ2v) is 5.28. The molecule has 0 bridgehead atoms. The fourth-order valence-corrected chi connectivity index (χ4v) is 3.22. The zero-order valence-electron chi connectivity index (χ0n) is 12.0. The van der Waals surface area contributed by atoms with E-state index in [0.717, 1.165) is 38.9 Å². The summed E-state index contributed by atoms with van der Waals surface area (Å²) in [4.78, 5) is 12.2. The lowest BCUT2D eigenvalue weighted by molar-refractivity contribution is 0.0973. The van der Waals surface area contributed by atoms with Crippen LogP contribution in [0.3, 0.4) is 0 Å². The van der Waals surface area contributed by atoms with Crippen LogP contribution in [0.5, 0.6) is 11.5 Å². The maximum atomic E-state index is 12.2. The number of Topliss-reactive ketones (excluding diaryl/α,β-unsaturated/α-hetero) is 1. The van der Waals surface area contributed by atoms with Gasteiger partial charge in [0, 0.05) is 35.4 Å². The first kappa shape index (κ1) is 12.3. The van der Waals surface area contributed by atoms with E-state index >= 15 is 0 Å². The highest BCUT2D eigenvalue weighted by Gasteiger charge is 2.24. The van der Waals surface area contributed by atoms with Crippen LogP contribution in [0.1, 0.15) is 16.8 Å². The van der Waals surface area contributed by atoms with E-state index in [1.165, 1.54) is 0 Å². The summed E-state index contributed by atoms with van der Waals surface area (Å²) in [5.74, 6) is 1.73. The molecular weight excluding hydrogens is 266 g/mol. The summed E-state index contributed by atoms with van der Waals surface area (Å²) >= 11 is 0. The maximum Gasteiger partial charge on any atom is 0.166 e. The molecule has 1 aromatic heterocycles. The number of ketones is 1. The van der Waals surface area contributed by atoms with Gasteiger partial charge in [0.05, 0.1) is 25.3 Å². The SMILES string of the molecule is COc1cc2c3c(c1)c1ccc(OC)cc1n3CCC2=O. The number of hydrogen-bond donors (Lipinski definition) is 0. The quantitative estimate of drug-likeness (QED) is 0.723. The van der Waals surface area contributed by atoms with Crippen LogP contribution < -0.4 is 9.47 Å². The Morgan fingerprint density at radius 1 is 1.00 bits per heavy atom. The van der Waals surface area contributed by atoms with E-state index in [0.29, 0.717) is 13.0 Å². The van der Waals surface area contributed by atoms with E-state index < -0.39 is 0 Å². The predicted molar refractivity (Wildman–Crippen MR) is 81.5 cm³/mol. The van der Waals surface area contributed by atoms with Gasteiger partial charge in [-0.25, -0.2) is 0 Å². The molecule has 3 aromatic rings. The molecule has 0 spiro atoms. The zero-order valence-corrected chi connectivity index (χ0v) is 12.0. The van der Waals surface area contributed by atoms with Gasteiger partial charge in [-0.1, -0.05) is 0 Å². The summed E-state index contributed by atoms with van der Waals surface area (Å²) in [6.45, 7) is 0.714. The molecule has 1 aliphatic rings. The van der Waals surface area contributed by atoms with Crippen LogP contribution in [-0.2, 0) is 6.54 Å². The number of rotatable bonds is 2. The Kier molecular flexibility index (Phi) is 2.48. The molecular formula is C17H15NO3. The van der Waals surface area contributed by atoms with Gasteiger partial charge in [0.2, 0.25) is 0 Å². The second kappa shape index (κ2) is 4.25. The van der Waals surface area contributed by atoms with Gasteiger partial charge in [0.15, 0.2) is 5.78 Å². The fraction of sp³-hybridized carbons (Fsp3) is 0.235. The van der Waals surface area contributed by atoms with Gasteiger partial charge < -0.3 is 14.0 Å². The molecule has 4 heteroatoms. The number of carbonyl (C=O) groups is 1. The summed E-state index contributed by atoms with van der Waals surface area (Å²) in [5.41, 5.74) is 2.87.